The maximum absolute atomic E-state index is 12.1. The molecule has 1 aliphatic carbocycles. The maximum atomic E-state index is 12.1. The highest BCUT2D eigenvalue weighted by atomic mass is 35.5. The van der Waals surface area contributed by atoms with Gasteiger partial charge in [0.05, 0.1) is 11.0 Å². The van der Waals surface area contributed by atoms with Crippen molar-refractivity contribution in [3.8, 4) is 0 Å². The van der Waals surface area contributed by atoms with E-state index in [1.807, 2.05) is 0 Å². The van der Waals surface area contributed by atoms with Crippen LogP contribution in [0.15, 0.2) is 0 Å². The van der Waals surface area contributed by atoms with Gasteiger partial charge in [0.2, 0.25) is 5.91 Å². The van der Waals surface area contributed by atoms with Gasteiger partial charge in [-0.2, -0.15) is 0 Å². The third kappa shape index (κ3) is 5.42. The molecule has 1 saturated carbocycles. The van der Waals surface area contributed by atoms with E-state index in [9.17, 15) is 13.2 Å². The Balaban J connectivity index is 0.00000220. The molecule has 1 amide bonds. The first-order valence-electron chi connectivity index (χ1n) is 7.73. The summed E-state index contributed by atoms with van der Waals surface area (Å²) in [6.45, 7) is 3.04. The maximum Gasteiger partial charge on any atom is 0.221 e. The van der Waals surface area contributed by atoms with Crippen molar-refractivity contribution in [3.05, 3.63) is 0 Å². The van der Waals surface area contributed by atoms with Crippen LogP contribution in [0.1, 0.15) is 51.9 Å². The monoisotopic (exact) mass is 338 g/mol. The summed E-state index contributed by atoms with van der Waals surface area (Å²) in [6, 6.07) is 0.393. The second-order valence-electron chi connectivity index (χ2n) is 6.08. The van der Waals surface area contributed by atoms with Gasteiger partial charge in [0, 0.05) is 18.5 Å². The normalized spacial score (nSPS) is 27.1. The Morgan fingerprint density at radius 3 is 2.48 bits per heavy atom. The average molecular weight is 339 g/mol. The highest BCUT2D eigenvalue weighted by molar-refractivity contribution is 7.92. The Bertz CT molecular complexity index is 436. The molecule has 1 saturated heterocycles. The van der Waals surface area contributed by atoms with E-state index in [2.05, 4.69) is 17.6 Å². The van der Waals surface area contributed by atoms with Crippen LogP contribution in [0.5, 0.6) is 0 Å². The Kier molecular flexibility index (Phi) is 7.44. The first-order chi connectivity index (χ1) is 9.49. The molecule has 124 valence electrons. The molecule has 2 atom stereocenters. The Morgan fingerprint density at radius 1 is 1.19 bits per heavy atom. The largest absolute Gasteiger partial charge is 0.352 e. The Hall–Kier alpha value is -0.330. The summed E-state index contributed by atoms with van der Waals surface area (Å²) in [5.74, 6) is -0.134. The molecule has 2 N–H and O–H groups in total. The molecule has 0 spiro atoms. The summed E-state index contributed by atoms with van der Waals surface area (Å²) < 4.78 is 24.2. The van der Waals surface area contributed by atoms with E-state index >= 15 is 0 Å². The second-order valence-corrected chi connectivity index (χ2v) is 8.48. The van der Waals surface area contributed by atoms with Crippen molar-refractivity contribution in [1.29, 1.82) is 0 Å². The van der Waals surface area contributed by atoms with Crippen LogP contribution in [0.25, 0.3) is 0 Å². The molecule has 21 heavy (non-hydrogen) atoms. The summed E-state index contributed by atoms with van der Waals surface area (Å²) >= 11 is 0. The molecule has 0 aromatic rings. The minimum absolute atomic E-state index is 0. The van der Waals surface area contributed by atoms with Crippen molar-refractivity contribution in [2.24, 2.45) is 0 Å². The number of rotatable bonds is 5. The molecule has 2 fully saturated rings. The summed E-state index contributed by atoms with van der Waals surface area (Å²) in [5, 5.41) is 6.08. The van der Waals surface area contributed by atoms with E-state index < -0.39 is 9.84 Å². The lowest BCUT2D eigenvalue weighted by Crippen LogP contribution is -2.52. The van der Waals surface area contributed by atoms with Gasteiger partial charge in [0.15, 0.2) is 9.84 Å². The SMILES string of the molecule is CC1NCCCC1NC(=O)CCS(=O)(=O)C1CCCC1.Cl. The predicted octanol–water partition coefficient (Wildman–Crippen LogP) is 1.41. The van der Waals surface area contributed by atoms with E-state index in [-0.39, 0.29) is 47.8 Å². The van der Waals surface area contributed by atoms with Crippen molar-refractivity contribution in [2.75, 3.05) is 12.3 Å². The molecule has 5 nitrogen and oxygen atoms in total. The zero-order chi connectivity index (χ0) is 14.6. The number of sulfone groups is 1. The predicted molar refractivity (Wildman–Crippen MR) is 86.5 cm³/mol. The number of piperidine rings is 1. The van der Waals surface area contributed by atoms with Crippen molar-refractivity contribution in [3.63, 3.8) is 0 Å². The first kappa shape index (κ1) is 18.7. The lowest BCUT2D eigenvalue weighted by molar-refractivity contribution is -0.121. The van der Waals surface area contributed by atoms with Crippen LogP contribution in [-0.4, -0.2) is 44.0 Å². The van der Waals surface area contributed by atoms with Gasteiger partial charge in [-0.05, 0) is 39.2 Å². The number of halogens is 1. The number of carbonyl (C=O) groups excluding carboxylic acids is 1. The smallest absolute Gasteiger partial charge is 0.221 e. The minimum atomic E-state index is -3.09. The number of hydrogen-bond donors (Lipinski definition) is 2. The molecule has 1 aliphatic heterocycles. The summed E-state index contributed by atoms with van der Waals surface area (Å²) in [7, 11) is -3.09. The van der Waals surface area contributed by atoms with Crippen molar-refractivity contribution >= 4 is 28.2 Å². The number of amides is 1. The van der Waals surface area contributed by atoms with Crippen LogP contribution in [0.3, 0.4) is 0 Å². The van der Waals surface area contributed by atoms with Crippen LogP contribution in [0.4, 0.5) is 0 Å². The third-order valence-electron chi connectivity index (χ3n) is 4.53. The summed E-state index contributed by atoms with van der Waals surface area (Å²) in [4.78, 5) is 11.9. The number of hydrogen-bond acceptors (Lipinski definition) is 4. The molecule has 0 aromatic heterocycles. The van der Waals surface area contributed by atoms with Gasteiger partial charge in [-0.25, -0.2) is 8.42 Å². The van der Waals surface area contributed by atoms with Gasteiger partial charge in [-0.1, -0.05) is 12.8 Å². The zero-order valence-electron chi connectivity index (χ0n) is 12.6. The van der Waals surface area contributed by atoms with E-state index in [0.29, 0.717) is 0 Å². The molecule has 2 rings (SSSR count). The second kappa shape index (κ2) is 8.34. The zero-order valence-corrected chi connectivity index (χ0v) is 14.3. The topological polar surface area (TPSA) is 75.3 Å². The van der Waals surface area contributed by atoms with Crippen molar-refractivity contribution in [2.45, 2.75) is 69.2 Å². The quantitative estimate of drug-likeness (QED) is 0.794. The van der Waals surface area contributed by atoms with E-state index in [1.54, 1.807) is 0 Å². The van der Waals surface area contributed by atoms with E-state index in [1.165, 1.54) is 0 Å². The lowest BCUT2D eigenvalue weighted by atomic mass is 10.00. The van der Waals surface area contributed by atoms with Gasteiger partial charge in [0.1, 0.15) is 0 Å². The number of carbonyl (C=O) groups is 1. The molecular formula is C14H27ClN2O3S. The highest BCUT2D eigenvalue weighted by Gasteiger charge is 2.29. The van der Waals surface area contributed by atoms with Gasteiger partial charge in [-0.15, -0.1) is 12.4 Å². The number of nitrogens with one attached hydrogen (secondary N) is 2. The molecular weight excluding hydrogens is 312 g/mol. The van der Waals surface area contributed by atoms with E-state index in [4.69, 9.17) is 0 Å². The van der Waals surface area contributed by atoms with Crippen LogP contribution >= 0.6 is 12.4 Å². The summed E-state index contributed by atoms with van der Waals surface area (Å²) in [6.07, 6.45) is 5.66. The minimum Gasteiger partial charge on any atom is -0.352 e. The molecule has 2 unspecified atom stereocenters. The molecule has 0 aromatic carbocycles. The van der Waals surface area contributed by atoms with Crippen LogP contribution in [-0.2, 0) is 14.6 Å². The van der Waals surface area contributed by atoms with Gasteiger partial charge < -0.3 is 10.6 Å². The first-order valence-corrected chi connectivity index (χ1v) is 9.45. The fourth-order valence-electron chi connectivity index (χ4n) is 3.17. The van der Waals surface area contributed by atoms with Crippen molar-refractivity contribution < 1.29 is 13.2 Å². The Morgan fingerprint density at radius 2 is 1.86 bits per heavy atom. The lowest BCUT2D eigenvalue weighted by Gasteiger charge is -2.30. The van der Waals surface area contributed by atoms with Crippen LogP contribution in [0.2, 0.25) is 0 Å². The molecule has 2 aliphatic rings. The molecule has 1 heterocycles. The molecule has 0 bridgehead atoms. The fraction of sp³-hybridized carbons (Fsp3) is 0.929. The summed E-state index contributed by atoms with van der Waals surface area (Å²) in [5.41, 5.74) is 0. The van der Waals surface area contributed by atoms with Gasteiger partial charge in [0.25, 0.3) is 0 Å². The van der Waals surface area contributed by atoms with Crippen LogP contribution < -0.4 is 10.6 Å². The van der Waals surface area contributed by atoms with E-state index in [0.717, 1.165) is 45.1 Å². The Labute approximate surface area is 134 Å². The molecule has 7 heteroatoms. The fourth-order valence-corrected chi connectivity index (χ4v) is 5.02. The molecule has 0 radical (unpaired) electrons. The third-order valence-corrected chi connectivity index (χ3v) is 6.79. The van der Waals surface area contributed by atoms with Crippen LogP contribution in [0, 0.1) is 0 Å². The standard InChI is InChI=1S/C14H26N2O3S.ClH/c1-11-13(7-4-9-15-11)16-14(17)8-10-20(18,19)12-5-2-3-6-12;/h11-13,15H,2-10H2,1H3,(H,16,17);1H. The van der Waals surface area contributed by atoms with Crippen molar-refractivity contribution in [1.82, 2.24) is 10.6 Å². The highest BCUT2D eigenvalue weighted by Crippen LogP contribution is 2.25. The van der Waals surface area contributed by atoms with Gasteiger partial charge >= 0.3 is 0 Å². The van der Waals surface area contributed by atoms with Gasteiger partial charge in [-0.3, -0.25) is 4.79 Å². The average Bonchev–Trinajstić information content (AvgIpc) is 2.94.